The minimum absolute atomic E-state index is 0.147. The number of benzene rings is 1. The molecule has 0 spiro atoms. The molecule has 0 saturated carbocycles. The van der Waals surface area contributed by atoms with Crippen molar-refractivity contribution in [1.82, 2.24) is 9.78 Å². The number of hydrogen-bond acceptors (Lipinski definition) is 3. The van der Waals surface area contributed by atoms with Gasteiger partial charge in [0.25, 0.3) is 0 Å². The minimum Gasteiger partial charge on any atom is -0.396 e. The topological polar surface area (TPSA) is 47.3 Å². The van der Waals surface area contributed by atoms with Crippen LogP contribution in [0, 0.1) is 0 Å². The van der Waals surface area contributed by atoms with E-state index in [0.29, 0.717) is 12.0 Å². The summed E-state index contributed by atoms with van der Waals surface area (Å²) < 4.78 is 46.8. The summed E-state index contributed by atoms with van der Waals surface area (Å²) in [5.41, 5.74) is 0.884. The Kier molecular flexibility index (Phi) is 6.29. The lowest BCUT2D eigenvalue weighted by molar-refractivity contribution is -0.153. The van der Waals surface area contributed by atoms with Crippen LogP contribution in [0.2, 0.25) is 25.7 Å². The van der Waals surface area contributed by atoms with Gasteiger partial charge >= 0.3 is 6.18 Å². The summed E-state index contributed by atoms with van der Waals surface area (Å²) >= 11 is 0. The summed E-state index contributed by atoms with van der Waals surface area (Å²) in [6.07, 6.45) is -3.18. The van der Waals surface area contributed by atoms with Crippen molar-refractivity contribution in [1.29, 1.82) is 0 Å². The third-order valence-corrected chi connectivity index (χ3v) is 5.80. The van der Waals surface area contributed by atoms with Crippen LogP contribution in [0.1, 0.15) is 17.9 Å². The van der Waals surface area contributed by atoms with Crippen molar-refractivity contribution in [3.05, 3.63) is 30.0 Å². The fourth-order valence-electron chi connectivity index (χ4n) is 2.60. The normalized spacial score (nSPS) is 14.2. The first-order chi connectivity index (χ1) is 11.6. The lowest BCUT2D eigenvalue weighted by atomic mass is 9.94. The average molecular weight is 374 g/mol. The maximum atomic E-state index is 13.2. The number of nitrogens with zero attached hydrogens (tertiary/aromatic N) is 2. The van der Waals surface area contributed by atoms with Crippen LogP contribution in [-0.4, -0.2) is 42.4 Å². The molecular formula is C17H25F3N2O2Si. The van der Waals surface area contributed by atoms with Crippen LogP contribution in [0.4, 0.5) is 13.2 Å². The second kappa shape index (κ2) is 7.88. The third kappa shape index (κ3) is 5.55. The lowest BCUT2D eigenvalue weighted by Gasteiger charge is -2.20. The molecule has 1 heterocycles. The molecule has 8 heteroatoms. The summed E-state index contributed by atoms with van der Waals surface area (Å²) in [6.45, 7) is 7.24. The highest BCUT2D eigenvalue weighted by molar-refractivity contribution is 6.76. The largest absolute Gasteiger partial charge is 0.396 e. The number of aromatic nitrogens is 2. The van der Waals surface area contributed by atoms with Crippen molar-refractivity contribution in [2.24, 2.45) is 0 Å². The predicted molar refractivity (Wildman–Crippen MR) is 94.3 cm³/mol. The van der Waals surface area contributed by atoms with Gasteiger partial charge in [0, 0.05) is 26.7 Å². The van der Waals surface area contributed by atoms with Crippen LogP contribution >= 0.6 is 0 Å². The van der Waals surface area contributed by atoms with Crippen molar-refractivity contribution >= 4 is 19.0 Å². The molecule has 0 aliphatic heterocycles. The minimum atomic E-state index is -4.38. The van der Waals surface area contributed by atoms with Gasteiger partial charge in [-0.25, -0.2) is 4.68 Å². The fraction of sp³-hybridized carbons (Fsp3) is 0.588. The molecule has 140 valence electrons. The number of fused-ring (bicyclic) bond motifs is 1. The zero-order valence-electron chi connectivity index (χ0n) is 14.8. The van der Waals surface area contributed by atoms with E-state index in [-0.39, 0.29) is 18.7 Å². The second-order valence-electron chi connectivity index (χ2n) is 7.42. The molecule has 0 amide bonds. The Bertz CT molecular complexity index is 695. The molecule has 25 heavy (non-hydrogen) atoms. The van der Waals surface area contributed by atoms with Crippen molar-refractivity contribution < 1.29 is 23.0 Å². The van der Waals surface area contributed by atoms with E-state index in [0.717, 1.165) is 11.6 Å². The summed E-state index contributed by atoms with van der Waals surface area (Å²) in [7, 11) is -1.16. The molecule has 1 aromatic carbocycles. The van der Waals surface area contributed by atoms with E-state index in [1.54, 1.807) is 16.9 Å². The SMILES string of the molecule is C[Si](C)(C)CCOCn1ncc2cc(C(CCO)C(F)(F)F)ccc21. The van der Waals surface area contributed by atoms with Crippen LogP contribution in [0.15, 0.2) is 24.4 Å². The van der Waals surface area contributed by atoms with E-state index >= 15 is 0 Å². The Hall–Kier alpha value is -1.38. The van der Waals surface area contributed by atoms with Gasteiger partial charge in [-0.3, -0.25) is 0 Å². The molecule has 0 radical (unpaired) electrons. The molecule has 1 aromatic heterocycles. The first-order valence-electron chi connectivity index (χ1n) is 8.32. The number of aliphatic hydroxyl groups excluding tert-OH is 1. The van der Waals surface area contributed by atoms with Gasteiger partial charge in [-0.15, -0.1) is 0 Å². The summed E-state index contributed by atoms with van der Waals surface area (Å²) in [6, 6.07) is 5.63. The molecule has 2 rings (SSSR count). The Morgan fingerprint density at radius 2 is 2.00 bits per heavy atom. The van der Waals surface area contributed by atoms with Crippen LogP contribution in [0.3, 0.4) is 0 Å². The Labute approximate surface area is 146 Å². The van der Waals surface area contributed by atoms with E-state index < -0.39 is 26.8 Å². The van der Waals surface area contributed by atoms with Gasteiger partial charge in [0.15, 0.2) is 0 Å². The Morgan fingerprint density at radius 1 is 1.28 bits per heavy atom. The summed E-state index contributed by atoms with van der Waals surface area (Å²) in [5.74, 6) is -1.67. The molecule has 1 atom stereocenters. The van der Waals surface area contributed by atoms with E-state index in [1.165, 1.54) is 12.1 Å². The van der Waals surface area contributed by atoms with Gasteiger partial charge in [0.2, 0.25) is 0 Å². The molecule has 0 saturated heterocycles. The van der Waals surface area contributed by atoms with E-state index in [9.17, 15) is 13.2 Å². The maximum absolute atomic E-state index is 13.2. The van der Waals surface area contributed by atoms with Gasteiger partial charge in [-0.05, 0) is 30.2 Å². The maximum Gasteiger partial charge on any atom is 0.395 e. The number of halogens is 3. The van der Waals surface area contributed by atoms with Crippen LogP contribution in [-0.2, 0) is 11.5 Å². The molecule has 2 aromatic rings. The van der Waals surface area contributed by atoms with Gasteiger partial charge in [0.05, 0.1) is 17.6 Å². The van der Waals surface area contributed by atoms with Crippen LogP contribution < -0.4 is 0 Å². The van der Waals surface area contributed by atoms with Gasteiger partial charge in [-0.2, -0.15) is 18.3 Å². The molecule has 1 N–H and O–H groups in total. The molecule has 0 aliphatic rings. The monoisotopic (exact) mass is 374 g/mol. The third-order valence-electron chi connectivity index (χ3n) is 4.09. The standard InChI is InChI=1S/C17H25F3N2O2Si/c1-25(2,3)9-8-24-12-22-16-5-4-13(10-14(16)11-21-22)15(6-7-23)17(18,19)20/h4-5,10-11,15,23H,6-9,12H2,1-3H3. The molecule has 0 fully saturated rings. The summed E-state index contributed by atoms with van der Waals surface area (Å²) in [4.78, 5) is 0. The number of ether oxygens (including phenoxy) is 1. The molecule has 4 nitrogen and oxygen atoms in total. The highest BCUT2D eigenvalue weighted by Crippen LogP contribution is 2.38. The van der Waals surface area contributed by atoms with Crippen molar-refractivity contribution in [2.45, 2.75) is 50.9 Å². The molecule has 0 bridgehead atoms. The fourth-order valence-corrected chi connectivity index (χ4v) is 3.36. The molecule has 1 unspecified atom stereocenters. The van der Waals surface area contributed by atoms with Crippen LogP contribution in [0.25, 0.3) is 10.9 Å². The Balaban J connectivity index is 2.12. The van der Waals surface area contributed by atoms with E-state index in [2.05, 4.69) is 24.7 Å². The molecular weight excluding hydrogens is 349 g/mol. The number of aliphatic hydroxyl groups is 1. The first-order valence-corrected chi connectivity index (χ1v) is 12.0. The molecule has 0 aliphatic carbocycles. The zero-order chi connectivity index (χ0) is 18.7. The van der Waals surface area contributed by atoms with Gasteiger partial charge < -0.3 is 9.84 Å². The number of hydrogen-bond donors (Lipinski definition) is 1. The first kappa shape index (κ1) is 19.9. The van der Waals surface area contributed by atoms with Crippen molar-refractivity contribution in [2.75, 3.05) is 13.2 Å². The number of rotatable bonds is 8. The average Bonchev–Trinajstić information content (AvgIpc) is 2.89. The zero-order valence-corrected chi connectivity index (χ0v) is 15.8. The number of alkyl halides is 3. The Morgan fingerprint density at radius 3 is 2.60 bits per heavy atom. The van der Waals surface area contributed by atoms with Gasteiger partial charge in [0.1, 0.15) is 6.73 Å². The quantitative estimate of drug-likeness (QED) is 0.551. The summed E-state index contributed by atoms with van der Waals surface area (Å²) in [5, 5.41) is 13.8. The predicted octanol–water partition coefficient (Wildman–Crippen LogP) is 4.38. The smallest absolute Gasteiger partial charge is 0.395 e. The van der Waals surface area contributed by atoms with Gasteiger partial charge in [-0.1, -0.05) is 25.7 Å². The second-order valence-corrected chi connectivity index (χ2v) is 13.0. The van der Waals surface area contributed by atoms with Crippen molar-refractivity contribution in [3.8, 4) is 0 Å². The highest BCUT2D eigenvalue weighted by atomic mass is 28.3. The van der Waals surface area contributed by atoms with Crippen molar-refractivity contribution in [3.63, 3.8) is 0 Å². The lowest BCUT2D eigenvalue weighted by Crippen LogP contribution is -2.22. The van der Waals surface area contributed by atoms with Crippen LogP contribution in [0.5, 0.6) is 0 Å². The highest BCUT2D eigenvalue weighted by Gasteiger charge is 2.40. The van der Waals surface area contributed by atoms with E-state index in [4.69, 9.17) is 9.84 Å². The van der Waals surface area contributed by atoms with E-state index in [1.807, 2.05) is 0 Å².